The summed E-state index contributed by atoms with van der Waals surface area (Å²) < 4.78 is 5.61. The third-order valence-electron chi connectivity index (χ3n) is 11.6. The van der Waals surface area contributed by atoms with Gasteiger partial charge in [-0.15, -0.1) is 0 Å². The van der Waals surface area contributed by atoms with Crippen molar-refractivity contribution in [1.29, 1.82) is 0 Å². The minimum Gasteiger partial charge on any atom is -0.396 e. The molecule has 0 spiro atoms. The summed E-state index contributed by atoms with van der Waals surface area (Å²) in [5.74, 6) is 0. The summed E-state index contributed by atoms with van der Waals surface area (Å²) in [4.78, 5) is 43.9. The van der Waals surface area contributed by atoms with Gasteiger partial charge in [-0.3, -0.25) is 9.59 Å². The largest absolute Gasteiger partial charge is 0.396 e. The Kier molecular flexibility index (Phi) is 56.9. The number of hydrogen-bond donors (Lipinski definition) is 4. The molecule has 0 saturated carbocycles. The molecule has 0 aliphatic rings. The second-order valence-corrected chi connectivity index (χ2v) is 17.2. The number of ether oxygens (including phenoxy) is 1. The number of methoxy groups -OCH3 is 1. The van der Waals surface area contributed by atoms with E-state index in [9.17, 15) is 14.4 Å². The van der Waals surface area contributed by atoms with Crippen molar-refractivity contribution < 1.29 is 24.5 Å². The zero-order valence-corrected chi connectivity index (χ0v) is 41.5. The van der Waals surface area contributed by atoms with Crippen LogP contribution in [0.25, 0.3) is 0 Å². The second-order valence-electron chi connectivity index (χ2n) is 17.2. The molecule has 0 unspecified atom stereocenters. The topological polar surface area (TPSA) is 145 Å². The number of aliphatic hydroxyl groups excluding tert-OH is 2. The summed E-state index contributed by atoms with van der Waals surface area (Å²) in [7, 11) is 3.55. The predicted molar refractivity (Wildman–Crippen MR) is 268 cm³/mol. The summed E-state index contributed by atoms with van der Waals surface area (Å²) in [6.45, 7) is 13.5. The molecule has 62 heavy (non-hydrogen) atoms. The summed E-state index contributed by atoms with van der Waals surface area (Å²) in [5.41, 5.74) is -0.0000639. The van der Waals surface area contributed by atoms with E-state index < -0.39 is 10.9 Å². The van der Waals surface area contributed by atoms with Gasteiger partial charge < -0.3 is 40.1 Å². The average molecular weight is 882 g/mol. The van der Waals surface area contributed by atoms with Crippen LogP contribution in [0.1, 0.15) is 239 Å². The number of nitrogens with zero attached hydrogens (tertiary/aromatic N) is 1. The smallest absolute Gasteiger partial charge is 0.253 e. The van der Waals surface area contributed by atoms with Gasteiger partial charge in [-0.25, -0.2) is 0 Å². The number of rotatable bonds is 44. The van der Waals surface area contributed by atoms with Crippen LogP contribution in [0.15, 0.2) is 9.59 Å². The van der Waals surface area contributed by atoms with E-state index in [1.54, 1.807) is 7.05 Å². The quantitative estimate of drug-likeness (QED) is 0.0284. The van der Waals surface area contributed by atoms with Gasteiger partial charge in [0, 0.05) is 40.3 Å². The van der Waals surface area contributed by atoms with E-state index in [1.807, 2.05) is 13.9 Å². The highest BCUT2D eigenvalue weighted by Gasteiger charge is 2.18. The lowest BCUT2D eigenvalue weighted by Gasteiger charge is -2.22. The molecule has 10 nitrogen and oxygen atoms in total. The van der Waals surface area contributed by atoms with E-state index in [0.29, 0.717) is 37.1 Å². The van der Waals surface area contributed by atoms with E-state index in [1.165, 1.54) is 161 Å². The molecule has 0 aliphatic heterocycles. The van der Waals surface area contributed by atoms with E-state index in [2.05, 4.69) is 36.3 Å². The Balaban J connectivity index is -0.000000949. The Bertz CT molecular complexity index is 1060. The van der Waals surface area contributed by atoms with Crippen LogP contribution in [-0.2, 0) is 14.3 Å². The van der Waals surface area contributed by atoms with Crippen molar-refractivity contribution in [2.75, 3.05) is 64.2 Å². The lowest BCUT2D eigenvalue weighted by molar-refractivity contribution is -0.108. The number of anilines is 2. The minimum atomic E-state index is -0.427. The molecule has 368 valence electrons. The van der Waals surface area contributed by atoms with E-state index in [0.717, 1.165) is 77.3 Å². The monoisotopic (exact) mass is 882 g/mol. The van der Waals surface area contributed by atoms with Gasteiger partial charge in [0.1, 0.15) is 24.5 Å². The van der Waals surface area contributed by atoms with E-state index in [-0.39, 0.29) is 6.61 Å². The van der Waals surface area contributed by atoms with Gasteiger partial charge in [-0.2, -0.15) is 0 Å². The fraction of sp³-hybridized carbons (Fsp3) is 0.885. The van der Waals surface area contributed by atoms with Gasteiger partial charge in [0.25, 0.3) is 10.9 Å². The number of nitrogens with one attached hydrogen (secondary N) is 2. The second kappa shape index (κ2) is 55.0. The summed E-state index contributed by atoms with van der Waals surface area (Å²) in [5, 5.41) is 23.3. The Morgan fingerprint density at radius 2 is 0.887 bits per heavy atom. The molecule has 1 aromatic rings. The first-order valence-electron chi connectivity index (χ1n) is 25.9. The normalized spacial score (nSPS) is 10.9. The number of aldehydes is 1. The molecule has 0 amide bonds. The van der Waals surface area contributed by atoms with Crippen LogP contribution >= 0.6 is 0 Å². The maximum absolute atomic E-state index is 11.6. The van der Waals surface area contributed by atoms with E-state index >= 15 is 0 Å². The molecular formula is C52H103N3O7. The van der Waals surface area contributed by atoms with E-state index in [4.69, 9.17) is 19.7 Å². The molecular weight excluding hydrogens is 779 g/mol. The van der Waals surface area contributed by atoms with Crippen LogP contribution in [0.3, 0.4) is 0 Å². The molecule has 0 aliphatic carbocycles. The van der Waals surface area contributed by atoms with Gasteiger partial charge in [0.2, 0.25) is 0 Å². The molecule has 10 heteroatoms. The highest BCUT2D eigenvalue weighted by Crippen LogP contribution is 2.17. The first-order valence-corrected chi connectivity index (χ1v) is 25.9. The van der Waals surface area contributed by atoms with Gasteiger partial charge in [0.15, 0.2) is 0 Å². The van der Waals surface area contributed by atoms with Crippen molar-refractivity contribution in [2.45, 2.75) is 245 Å². The van der Waals surface area contributed by atoms with Crippen LogP contribution in [0.5, 0.6) is 0 Å². The Morgan fingerprint density at radius 3 is 1.27 bits per heavy atom. The van der Waals surface area contributed by atoms with Crippen LogP contribution in [-0.4, -0.2) is 87.8 Å². The maximum atomic E-state index is 11.6. The van der Waals surface area contributed by atoms with Crippen molar-refractivity contribution in [1.82, 2.24) is 4.90 Å². The first-order chi connectivity index (χ1) is 30.4. The molecule has 1 aromatic carbocycles. The number of carbonyl (C=O) groups is 2. The summed E-state index contributed by atoms with van der Waals surface area (Å²) >= 11 is 0. The number of hydrogen-bond acceptors (Lipinski definition) is 10. The fourth-order valence-corrected chi connectivity index (χ4v) is 7.63. The average Bonchev–Trinajstić information content (AvgIpc) is 3.30. The Morgan fingerprint density at radius 1 is 0.532 bits per heavy atom. The SMILES string of the molecule is C=O.CCCCCCCCC(CCCCCCCC)OC.CCCCCCCCCO.CNc1c(NCCCCCN(CCCCCCO)CCCCCCCC=O)c(=O)c1=O. The maximum Gasteiger partial charge on any atom is 0.253 e. The minimum absolute atomic E-state index is 0.286. The molecule has 4 N–H and O–H groups in total. The lowest BCUT2D eigenvalue weighted by Crippen LogP contribution is -2.36. The molecule has 1 rings (SSSR count). The van der Waals surface area contributed by atoms with Gasteiger partial charge in [-0.1, -0.05) is 175 Å². The molecule has 0 fully saturated rings. The Hall–Kier alpha value is -2.14. The van der Waals surface area contributed by atoms with Gasteiger partial charge in [0.05, 0.1) is 6.10 Å². The first kappa shape index (κ1) is 64.1. The highest BCUT2D eigenvalue weighted by molar-refractivity contribution is 5.73. The summed E-state index contributed by atoms with van der Waals surface area (Å²) in [6, 6.07) is 0. The standard InChI is InChI=1S/C24H43N3O4.C18H38O.C9H20O.CH2O/c1-25-21-22(24(31)23(21)30)26-15-9-8-12-18-27(17-11-5-7-14-20-29)16-10-4-2-3-6-13-19-28;1-4-6-8-10-12-14-16-18(19-3)17-15-13-11-9-7-5-2;1-2-3-4-5-6-7-8-9-10;1-2/h19,25-26,29H,2-18,20H2,1H3;18H,4-17H2,1-3H3;10H,2-9H2,1H3;1H2. The van der Waals surface area contributed by atoms with Crippen LogP contribution in [0.4, 0.5) is 11.4 Å². The molecule has 0 aromatic heterocycles. The highest BCUT2D eigenvalue weighted by atomic mass is 16.5. The zero-order valence-electron chi connectivity index (χ0n) is 41.5. The molecule has 0 atom stereocenters. The molecule has 0 heterocycles. The number of carbonyl (C=O) groups excluding carboxylic acids is 2. The lowest BCUT2D eigenvalue weighted by atomic mass is 10.0. The molecule has 0 bridgehead atoms. The Labute approximate surface area is 382 Å². The number of aliphatic hydroxyl groups is 2. The van der Waals surface area contributed by atoms with Crippen LogP contribution in [0, 0.1) is 0 Å². The molecule has 0 saturated heterocycles. The van der Waals surface area contributed by atoms with Crippen LogP contribution in [0.2, 0.25) is 0 Å². The van der Waals surface area contributed by atoms with Crippen LogP contribution < -0.4 is 21.5 Å². The molecule has 0 radical (unpaired) electrons. The fourth-order valence-electron chi connectivity index (χ4n) is 7.63. The zero-order chi connectivity index (χ0) is 46.6. The predicted octanol–water partition coefficient (Wildman–Crippen LogP) is 12.3. The van der Waals surface area contributed by atoms with Gasteiger partial charge in [-0.05, 0) is 77.4 Å². The number of unbranched alkanes of at least 4 members (excludes halogenated alkanes) is 26. The summed E-state index contributed by atoms with van der Waals surface area (Å²) in [6.07, 6.45) is 43.7. The third-order valence-corrected chi connectivity index (χ3v) is 11.6. The third kappa shape index (κ3) is 43.1. The van der Waals surface area contributed by atoms with Crippen molar-refractivity contribution in [3.8, 4) is 0 Å². The van der Waals surface area contributed by atoms with Crippen molar-refractivity contribution in [3.63, 3.8) is 0 Å². The van der Waals surface area contributed by atoms with Crippen molar-refractivity contribution in [3.05, 3.63) is 20.4 Å². The van der Waals surface area contributed by atoms with Crippen molar-refractivity contribution in [2.24, 2.45) is 0 Å². The van der Waals surface area contributed by atoms with Crippen molar-refractivity contribution >= 4 is 24.5 Å². The van der Waals surface area contributed by atoms with Gasteiger partial charge >= 0.3 is 0 Å².